The Morgan fingerprint density at radius 3 is 2.50 bits per heavy atom. The van der Waals surface area contributed by atoms with Gasteiger partial charge in [-0.2, -0.15) is 0 Å². The Kier molecular flexibility index (Phi) is 3.59. The fourth-order valence-electron chi connectivity index (χ4n) is 2.13. The van der Waals surface area contributed by atoms with E-state index in [1.165, 1.54) is 5.39 Å². The van der Waals surface area contributed by atoms with Gasteiger partial charge < -0.3 is 9.84 Å². The summed E-state index contributed by atoms with van der Waals surface area (Å²) in [5, 5.41) is 12.2. The van der Waals surface area contributed by atoms with Crippen molar-refractivity contribution in [1.29, 1.82) is 0 Å². The number of ether oxygens (including phenoxy) is 1. The monoisotopic (exact) mass is 284 g/mol. The molecular weight excluding hydrogens is 272 g/mol. The predicted molar refractivity (Wildman–Crippen MR) is 81.4 cm³/mol. The van der Waals surface area contributed by atoms with E-state index < -0.39 is 0 Å². The lowest BCUT2D eigenvalue weighted by molar-refractivity contribution is 0.276. The van der Waals surface area contributed by atoms with Crippen LogP contribution in [0, 0.1) is 0 Å². The molecule has 0 saturated heterocycles. The maximum atomic E-state index is 9.35. The van der Waals surface area contributed by atoms with Crippen molar-refractivity contribution in [3.05, 3.63) is 71.2 Å². The molecule has 0 aliphatic heterocycles. The third-order valence-electron chi connectivity index (χ3n) is 3.14. The number of rotatable bonds is 3. The van der Waals surface area contributed by atoms with E-state index >= 15 is 0 Å². The van der Waals surface area contributed by atoms with Crippen molar-refractivity contribution in [2.24, 2.45) is 0 Å². The first-order valence-corrected chi connectivity index (χ1v) is 6.70. The van der Waals surface area contributed by atoms with Crippen LogP contribution in [0.15, 0.2) is 60.7 Å². The molecule has 0 heterocycles. The molecule has 3 aromatic carbocycles. The largest absolute Gasteiger partial charge is 0.457 e. The van der Waals surface area contributed by atoms with Crippen LogP contribution in [0.1, 0.15) is 5.56 Å². The SMILES string of the molecule is OCc1cc(Cl)ccc1Oc1ccc2ccccc2c1. The summed E-state index contributed by atoms with van der Waals surface area (Å²) in [6, 6.07) is 19.2. The Morgan fingerprint density at radius 2 is 1.70 bits per heavy atom. The molecule has 0 bridgehead atoms. The summed E-state index contributed by atoms with van der Waals surface area (Å²) < 4.78 is 5.84. The molecule has 0 unspecified atom stereocenters. The van der Waals surface area contributed by atoms with Gasteiger partial charge in [0, 0.05) is 10.6 Å². The second-order valence-corrected chi connectivity index (χ2v) is 4.96. The van der Waals surface area contributed by atoms with Crippen LogP contribution in [-0.2, 0) is 6.61 Å². The smallest absolute Gasteiger partial charge is 0.133 e. The van der Waals surface area contributed by atoms with Crippen LogP contribution < -0.4 is 4.74 Å². The Balaban J connectivity index is 1.96. The fourth-order valence-corrected chi connectivity index (χ4v) is 2.32. The molecule has 3 rings (SSSR count). The van der Waals surface area contributed by atoms with E-state index in [1.54, 1.807) is 18.2 Å². The van der Waals surface area contributed by atoms with E-state index in [2.05, 4.69) is 6.07 Å². The quantitative estimate of drug-likeness (QED) is 0.750. The van der Waals surface area contributed by atoms with Crippen LogP contribution in [0.2, 0.25) is 5.02 Å². The molecule has 1 N–H and O–H groups in total. The van der Waals surface area contributed by atoms with E-state index in [-0.39, 0.29) is 6.61 Å². The third kappa shape index (κ3) is 2.62. The van der Waals surface area contributed by atoms with Crippen molar-refractivity contribution in [3.8, 4) is 11.5 Å². The maximum absolute atomic E-state index is 9.35. The number of hydrogen-bond acceptors (Lipinski definition) is 2. The van der Waals surface area contributed by atoms with Crippen LogP contribution in [-0.4, -0.2) is 5.11 Å². The molecule has 0 aromatic heterocycles. The lowest BCUT2D eigenvalue weighted by Crippen LogP contribution is -1.91. The standard InChI is InChI=1S/C17H13ClO2/c18-15-6-8-17(14(9-15)11-19)20-16-7-5-12-3-1-2-4-13(12)10-16/h1-10,19H,11H2. The molecule has 0 spiro atoms. The zero-order valence-electron chi connectivity index (χ0n) is 10.7. The van der Waals surface area contributed by atoms with Gasteiger partial charge in [-0.25, -0.2) is 0 Å². The first-order valence-electron chi connectivity index (χ1n) is 6.32. The topological polar surface area (TPSA) is 29.5 Å². The molecule has 0 atom stereocenters. The van der Waals surface area contributed by atoms with Crippen molar-refractivity contribution in [2.45, 2.75) is 6.61 Å². The summed E-state index contributed by atoms with van der Waals surface area (Å²) in [6.45, 7) is -0.108. The number of aliphatic hydroxyl groups excluding tert-OH is 1. The van der Waals surface area contributed by atoms with Crippen molar-refractivity contribution in [1.82, 2.24) is 0 Å². The van der Waals surface area contributed by atoms with Crippen LogP contribution in [0.5, 0.6) is 11.5 Å². The van der Waals surface area contributed by atoms with E-state index in [1.807, 2.05) is 36.4 Å². The third-order valence-corrected chi connectivity index (χ3v) is 3.38. The van der Waals surface area contributed by atoms with Crippen LogP contribution in [0.25, 0.3) is 10.8 Å². The first-order chi connectivity index (χ1) is 9.76. The average Bonchev–Trinajstić information content (AvgIpc) is 2.49. The Bertz CT molecular complexity index is 753. The van der Waals surface area contributed by atoms with Crippen LogP contribution in [0.4, 0.5) is 0 Å². The highest BCUT2D eigenvalue weighted by molar-refractivity contribution is 6.30. The number of halogens is 1. The molecule has 3 heteroatoms. The fraction of sp³-hybridized carbons (Fsp3) is 0.0588. The summed E-state index contributed by atoms with van der Waals surface area (Å²) in [7, 11) is 0. The van der Waals surface area contributed by atoms with Crippen molar-refractivity contribution in [3.63, 3.8) is 0 Å². The maximum Gasteiger partial charge on any atom is 0.133 e. The van der Waals surface area contributed by atoms with Crippen molar-refractivity contribution < 1.29 is 9.84 Å². The van der Waals surface area contributed by atoms with E-state index in [4.69, 9.17) is 16.3 Å². The lowest BCUT2D eigenvalue weighted by atomic mass is 10.1. The molecular formula is C17H13ClO2. The molecule has 3 aromatic rings. The first kappa shape index (κ1) is 13.0. The lowest BCUT2D eigenvalue weighted by Gasteiger charge is -2.10. The molecule has 0 amide bonds. The highest BCUT2D eigenvalue weighted by atomic mass is 35.5. The van der Waals surface area contributed by atoms with Gasteiger partial charge in [-0.15, -0.1) is 0 Å². The van der Waals surface area contributed by atoms with Gasteiger partial charge in [0.2, 0.25) is 0 Å². The zero-order chi connectivity index (χ0) is 13.9. The predicted octanol–water partition coefficient (Wildman–Crippen LogP) is 4.78. The summed E-state index contributed by atoms with van der Waals surface area (Å²) in [4.78, 5) is 0. The minimum atomic E-state index is -0.108. The minimum Gasteiger partial charge on any atom is -0.457 e. The van der Waals surface area contributed by atoms with Gasteiger partial charge in [-0.3, -0.25) is 0 Å². The normalized spacial score (nSPS) is 10.7. The molecule has 0 saturated carbocycles. The van der Waals surface area contributed by atoms with Gasteiger partial charge in [0.05, 0.1) is 6.61 Å². The van der Waals surface area contributed by atoms with E-state index in [0.29, 0.717) is 16.3 Å². The number of benzene rings is 3. The number of hydrogen-bond donors (Lipinski definition) is 1. The van der Waals surface area contributed by atoms with Gasteiger partial charge in [0.15, 0.2) is 0 Å². The second-order valence-electron chi connectivity index (χ2n) is 4.52. The molecule has 0 aliphatic rings. The molecule has 0 fully saturated rings. The molecule has 100 valence electrons. The zero-order valence-corrected chi connectivity index (χ0v) is 11.5. The number of aliphatic hydroxyl groups is 1. The minimum absolute atomic E-state index is 0.108. The van der Waals surface area contributed by atoms with Crippen LogP contribution >= 0.6 is 11.6 Å². The molecule has 0 radical (unpaired) electrons. The Morgan fingerprint density at radius 1 is 0.900 bits per heavy atom. The molecule has 2 nitrogen and oxygen atoms in total. The summed E-state index contributed by atoms with van der Waals surface area (Å²) in [5.41, 5.74) is 0.672. The highest BCUT2D eigenvalue weighted by Gasteiger charge is 2.06. The number of fused-ring (bicyclic) bond motifs is 1. The summed E-state index contributed by atoms with van der Waals surface area (Å²) in [5.74, 6) is 1.35. The molecule has 20 heavy (non-hydrogen) atoms. The van der Waals surface area contributed by atoms with Gasteiger partial charge in [-0.05, 0) is 41.1 Å². The van der Waals surface area contributed by atoms with Crippen molar-refractivity contribution >= 4 is 22.4 Å². The average molecular weight is 285 g/mol. The second kappa shape index (κ2) is 5.53. The van der Waals surface area contributed by atoms with Gasteiger partial charge in [0.25, 0.3) is 0 Å². The van der Waals surface area contributed by atoms with Gasteiger partial charge >= 0.3 is 0 Å². The molecule has 0 aliphatic carbocycles. The van der Waals surface area contributed by atoms with Gasteiger partial charge in [-0.1, -0.05) is 41.9 Å². The van der Waals surface area contributed by atoms with Crippen molar-refractivity contribution in [2.75, 3.05) is 0 Å². The highest BCUT2D eigenvalue weighted by Crippen LogP contribution is 2.29. The van der Waals surface area contributed by atoms with E-state index in [9.17, 15) is 5.11 Å². The van der Waals surface area contributed by atoms with Gasteiger partial charge in [0.1, 0.15) is 11.5 Å². The summed E-state index contributed by atoms with van der Waals surface area (Å²) >= 11 is 5.91. The summed E-state index contributed by atoms with van der Waals surface area (Å²) in [6.07, 6.45) is 0. The van der Waals surface area contributed by atoms with Crippen LogP contribution in [0.3, 0.4) is 0 Å². The Hall–Kier alpha value is -2.03. The Labute approximate surface area is 122 Å². The van der Waals surface area contributed by atoms with E-state index in [0.717, 1.165) is 11.1 Å².